The number of nitrogens with zero attached hydrogens (tertiary/aromatic N) is 3. The maximum Gasteiger partial charge on any atom is 0.251 e. The molecule has 2 aromatic carbocycles. The molecule has 1 heterocycles. The van der Waals surface area contributed by atoms with Crippen LogP contribution in [0, 0.1) is 0 Å². The van der Waals surface area contributed by atoms with Crippen LogP contribution in [0.15, 0.2) is 60.9 Å². The molecule has 1 amide bonds. The average Bonchev–Trinajstić information content (AvgIpc) is 3.14. The van der Waals surface area contributed by atoms with E-state index < -0.39 is 0 Å². The van der Waals surface area contributed by atoms with Gasteiger partial charge in [-0.1, -0.05) is 35.5 Å². The quantitative estimate of drug-likeness (QED) is 0.751. The van der Waals surface area contributed by atoms with E-state index in [0.717, 1.165) is 16.8 Å². The molecule has 0 fully saturated rings. The van der Waals surface area contributed by atoms with Gasteiger partial charge in [-0.2, -0.15) is 0 Å². The van der Waals surface area contributed by atoms with Gasteiger partial charge >= 0.3 is 0 Å². The van der Waals surface area contributed by atoms with Gasteiger partial charge in [-0.25, -0.2) is 4.68 Å². The number of aromatic nitrogens is 3. The van der Waals surface area contributed by atoms with E-state index in [4.69, 9.17) is 0 Å². The summed E-state index contributed by atoms with van der Waals surface area (Å²) in [4.78, 5) is 12.3. The van der Waals surface area contributed by atoms with Crippen molar-refractivity contribution in [1.29, 1.82) is 0 Å². The number of hydrogen-bond donors (Lipinski definition) is 2. The normalized spacial score (nSPS) is 10.5. The molecule has 0 bridgehead atoms. The molecule has 0 spiro atoms. The summed E-state index contributed by atoms with van der Waals surface area (Å²) in [7, 11) is 0. The van der Waals surface area contributed by atoms with E-state index in [0.29, 0.717) is 12.1 Å². The van der Waals surface area contributed by atoms with Gasteiger partial charge in [-0.3, -0.25) is 4.79 Å². The highest BCUT2D eigenvalue weighted by Crippen LogP contribution is 2.11. The molecule has 6 heteroatoms. The van der Waals surface area contributed by atoms with E-state index in [1.165, 1.54) is 0 Å². The smallest absolute Gasteiger partial charge is 0.251 e. The molecule has 0 unspecified atom stereocenters. The first kappa shape index (κ1) is 14.9. The second-order valence-electron chi connectivity index (χ2n) is 5.01. The van der Waals surface area contributed by atoms with Crippen LogP contribution in [-0.2, 0) is 13.2 Å². The van der Waals surface area contributed by atoms with Crippen LogP contribution >= 0.6 is 0 Å². The third kappa shape index (κ3) is 3.44. The Morgan fingerprint density at radius 1 is 1.13 bits per heavy atom. The lowest BCUT2D eigenvalue weighted by molar-refractivity contribution is 0.0950. The van der Waals surface area contributed by atoms with Gasteiger partial charge in [-0.05, 0) is 29.3 Å². The SMILES string of the molecule is O=C(NCc1ccccc1CO)c1cccc(-n2ccnn2)c1. The maximum atomic E-state index is 12.3. The largest absolute Gasteiger partial charge is 0.392 e. The molecule has 2 N–H and O–H groups in total. The Balaban J connectivity index is 1.72. The minimum absolute atomic E-state index is 0.0478. The van der Waals surface area contributed by atoms with Gasteiger partial charge in [0.2, 0.25) is 0 Å². The molecule has 0 saturated carbocycles. The fourth-order valence-electron chi connectivity index (χ4n) is 2.30. The second kappa shape index (κ2) is 6.85. The van der Waals surface area contributed by atoms with Crippen LogP contribution in [0.3, 0.4) is 0 Å². The summed E-state index contributed by atoms with van der Waals surface area (Å²) in [6.45, 7) is 0.316. The summed E-state index contributed by atoms with van der Waals surface area (Å²) in [5.74, 6) is -0.181. The number of carbonyl (C=O) groups excluding carboxylic acids is 1. The van der Waals surface area contributed by atoms with Crippen molar-refractivity contribution in [3.05, 3.63) is 77.6 Å². The highest BCUT2D eigenvalue weighted by atomic mass is 16.3. The van der Waals surface area contributed by atoms with E-state index in [9.17, 15) is 9.90 Å². The number of benzene rings is 2. The molecule has 0 atom stereocenters. The number of aliphatic hydroxyl groups is 1. The summed E-state index contributed by atoms with van der Waals surface area (Å²) in [5, 5.41) is 19.8. The van der Waals surface area contributed by atoms with Crippen LogP contribution in [-0.4, -0.2) is 26.0 Å². The monoisotopic (exact) mass is 308 g/mol. The topological polar surface area (TPSA) is 80.0 Å². The molecule has 23 heavy (non-hydrogen) atoms. The first-order valence-corrected chi connectivity index (χ1v) is 7.20. The van der Waals surface area contributed by atoms with Crippen molar-refractivity contribution in [2.24, 2.45) is 0 Å². The first-order chi connectivity index (χ1) is 11.3. The van der Waals surface area contributed by atoms with Crippen molar-refractivity contribution in [1.82, 2.24) is 20.3 Å². The van der Waals surface area contributed by atoms with Crippen LogP contribution in [0.5, 0.6) is 0 Å². The number of amides is 1. The predicted octanol–water partition coefficient (Wildman–Crippen LogP) is 1.69. The van der Waals surface area contributed by atoms with Crippen molar-refractivity contribution < 1.29 is 9.90 Å². The molecular formula is C17H16N4O2. The van der Waals surface area contributed by atoms with E-state index in [-0.39, 0.29) is 12.5 Å². The fourth-order valence-corrected chi connectivity index (χ4v) is 2.30. The van der Waals surface area contributed by atoms with E-state index in [1.807, 2.05) is 30.3 Å². The van der Waals surface area contributed by atoms with E-state index in [2.05, 4.69) is 15.6 Å². The first-order valence-electron chi connectivity index (χ1n) is 7.20. The van der Waals surface area contributed by atoms with Gasteiger partial charge in [0.25, 0.3) is 5.91 Å². The van der Waals surface area contributed by atoms with Gasteiger partial charge in [0.15, 0.2) is 0 Å². The summed E-state index contributed by atoms with van der Waals surface area (Å²) in [6.07, 6.45) is 3.30. The standard InChI is InChI=1S/C17H16N4O2/c22-12-15-5-2-1-4-14(15)11-18-17(23)13-6-3-7-16(10-13)21-9-8-19-20-21/h1-10,22H,11-12H2,(H,18,23). The van der Waals surface area contributed by atoms with Crippen LogP contribution < -0.4 is 5.32 Å². The zero-order valence-corrected chi connectivity index (χ0v) is 12.4. The maximum absolute atomic E-state index is 12.3. The highest BCUT2D eigenvalue weighted by molar-refractivity contribution is 5.94. The molecule has 0 radical (unpaired) electrons. The number of hydrogen-bond acceptors (Lipinski definition) is 4. The summed E-state index contributed by atoms with van der Waals surface area (Å²) in [6, 6.07) is 14.6. The van der Waals surface area contributed by atoms with Gasteiger partial charge in [-0.15, -0.1) is 5.10 Å². The Morgan fingerprint density at radius 3 is 2.70 bits per heavy atom. The molecule has 0 aliphatic rings. The Morgan fingerprint density at radius 2 is 1.96 bits per heavy atom. The van der Waals surface area contributed by atoms with Crippen LogP contribution in [0.2, 0.25) is 0 Å². The second-order valence-corrected chi connectivity index (χ2v) is 5.01. The zero-order valence-electron chi connectivity index (χ0n) is 12.4. The lowest BCUT2D eigenvalue weighted by atomic mass is 10.1. The molecular weight excluding hydrogens is 292 g/mol. The Bertz CT molecular complexity index is 800. The highest BCUT2D eigenvalue weighted by Gasteiger charge is 2.08. The lowest BCUT2D eigenvalue weighted by Crippen LogP contribution is -2.23. The van der Waals surface area contributed by atoms with E-state index in [1.54, 1.807) is 35.3 Å². The molecule has 6 nitrogen and oxygen atoms in total. The third-order valence-corrected chi connectivity index (χ3v) is 3.52. The summed E-state index contributed by atoms with van der Waals surface area (Å²) < 4.78 is 1.60. The zero-order chi connectivity index (χ0) is 16.1. The molecule has 0 aliphatic heterocycles. The Hall–Kier alpha value is -2.99. The summed E-state index contributed by atoms with van der Waals surface area (Å²) in [5.41, 5.74) is 3.02. The average molecular weight is 308 g/mol. The molecule has 0 saturated heterocycles. The van der Waals surface area contributed by atoms with Gasteiger partial charge in [0, 0.05) is 12.1 Å². The van der Waals surface area contributed by atoms with Crippen molar-refractivity contribution in [3.63, 3.8) is 0 Å². The third-order valence-electron chi connectivity index (χ3n) is 3.52. The number of aliphatic hydroxyl groups excluding tert-OH is 1. The molecule has 3 rings (SSSR count). The Labute approximate surface area is 133 Å². The van der Waals surface area contributed by atoms with E-state index >= 15 is 0 Å². The summed E-state index contributed by atoms with van der Waals surface area (Å²) >= 11 is 0. The van der Waals surface area contributed by atoms with Crippen molar-refractivity contribution >= 4 is 5.91 Å². The fraction of sp³-hybridized carbons (Fsp3) is 0.118. The van der Waals surface area contributed by atoms with Crippen LogP contribution in [0.4, 0.5) is 0 Å². The van der Waals surface area contributed by atoms with Gasteiger partial charge < -0.3 is 10.4 Å². The van der Waals surface area contributed by atoms with Crippen LogP contribution in [0.1, 0.15) is 21.5 Å². The Kier molecular flexibility index (Phi) is 4.44. The lowest BCUT2D eigenvalue weighted by Gasteiger charge is -2.09. The predicted molar refractivity (Wildman–Crippen MR) is 84.9 cm³/mol. The van der Waals surface area contributed by atoms with Gasteiger partial charge in [0.05, 0.1) is 24.7 Å². The number of rotatable bonds is 5. The van der Waals surface area contributed by atoms with Crippen molar-refractivity contribution in [3.8, 4) is 5.69 Å². The van der Waals surface area contributed by atoms with Crippen molar-refractivity contribution in [2.75, 3.05) is 0 Å². The minimum Gasteiger partial charge on any atom is -0.392 e. The number of nitrogens with one attached hydrogen (secondary N) is 1. The molecule has 3 aromatic rings. The van der Waals surface area contributed by atoms with Crippen molar-refractivity contribution in [2.45, 2.75) is 13.2 Å². The molecule has 1 aromatic heterocycles. The molecule has 0 aliphatic carbocycles. The molecule has 116 valence electrons. The number of carbonyl (C=O) groups is 1. The van der Waals surface area contributed by atoms with Gasteiger partial charge in [0.1, 0.15) is 0 Å². The van der Waals surface area contributed by atoms with Crippen LogP contribution in [0.25, 0.3) is 5.69 Å². The minimum atomic E-state index is -0.181.